The van der Waals surface area contributed by atoms with Gasteiger partial charge in [-0.05, 0) is 42.6 Å². The zero-order chi connectivity index (χ0) is 32.5. The van der Waals surface area contributed by atoms with E-state index in [1.54, 1.807) is 18.6 Å². The number of rotatable bonds is 7. The van der Waals surface area contributed by atoms with E-state index in [1.165, 1.54) is 0 Å². The zero-order valence-electron chi connectivity index (χ0n) is 26.6. The van der Waals surface area contributed by atoms with Crippen LogP contribution in [0, 0.1) is 25.1 Å². The van der Waals surface area contributed by atoms with Crippen molar-refractivity contribution in [3.8, 4) is 51.2 Å². The number of nitrogens with zero attached hydrogens (tertiary/aromatic N) is 6. The van der Waals surface area contributed by atoms with Gasteiger partial charge >= 0.3 is 26.1 Å². The molecule has 4 heterocycles. The molecule has 0 aliphatic carbocycles. The predicted molar refractivity (Wildman–Crippen MR) is 185 cm³/mol. The molecule has 0 aliphatic rings. The van der Waals surface area contributed by atoms with E-state index >= 15 is 0 Å². The molecule has 0 N–H and O–H groups in total. The molecule has 8 heteroatoms. The third-order valence-electron chi connectivity index (χ3n) is 6.47. The van der Waals surface area contributed by atoms with Gasteiger partial charge in [0.05, 0.1) is 6.61 Å². The molecule has 7 nitrogen and oxygen atoms in total. The molecule has 48 heavy (non-hydrogen) atoms. The van der Waals surface area contributed by atoms with Crippen LogP contribution in [0.2, 0.25) is 0 Å². The first-order chi connectivity index (χ1) is 23.2. The summed E-state index contributed by atoms with van der Waals surface area (Å²) < 4.78 is 5.50. The number of pyridine rings is 3. The van der Waals surface area contributed by atoms with Crippen molar-refractivity contribution in [3.05, 3.63) is 164 Å². The Hall–Kier alpha value is -5.43. The predicted octanol–water partition coefficient (Wildman–Crippen LogP) is 8.59. The summed E-state index contributed by atoms with van der Waals surface area (Å²) in [5.41, 5.74) is 6.67. The standard InChI is InChI=1S/C18H17N4O.2C11H8N.Ir/c1-3-11-23-18-21-13(2)20-17(22-18)15-9-10-16(19-12-15)14-7-5-4-6-8-14;2*1-2-6-10(7-3-1)11-8-4-5-9-12-11;/h4-7,9-10,12H,3,11H2,1-2H3;2*1-6,8-9H;/q3*-1;+3. The van der Waals surface area contributed by atoms with Gasteiger partial charge in [-0.2, -0.15) is 9.97 Å². The number of aromatic nitrogens is 6. The summed E-state index contributed by atoms with van der Waals surface area (Å²) in [5, 5.41) is 0. The van der Waals surface area contributed by atoms with Crippen LogP contribution >= 0.6 is 0 Å². The fraction of sp³-hybridized carbons (Fsp3) is 0.100. The molecule has 0 radical (unpaired) electrons. The molecule has 0 atom stereocenters. The molecule has 0 saturated heterocycles. The van der Waals surface area contributed by atoms with Gasteiger partial charge in [-0.1, -0.05) is 43.3 Å². The summed E-state index contributed by atoms with van der Waals surface area (Å²) in [5.74, 6) is 1.20. The summed E-state index contributed by atoms with van der Waals surface area (Å²) in [4.78, 5) is 25.8. The van der Waals surface area contributed by atoms with Gasteiger partial charge in [0.25, 0.3) is 0 Å². The number of hydrogen-bond acceptors (Lipinski definition) is 7. The molecule has 0 unspecified atom stereocenters. The van der Waals surface area contributed by atoms with Crippen molar-refractivity contribution in [1.82, 2.24) is 29.9 Å². The molecule has 0 amide bonds. The van der Waals surface area contributed by atoms with Crippen LogP contribution in [0.4, 0.5) is 0 Å². The molecule has 7 rings (SSSR count). The van der Waals surface area contributed by atoms with E-state index in [9.17, 15) is 0 Å². The monoisotopic (exact) mass is 806 g/mol. The molecule has 3 aromatic carbocycles. The van der Waals surface area contributed by atoms with E-state index in [1.807, 2.05) is 135 Å². The van der Waals surface area contributed by atoms with Gasteiger partial charge in [-0.25, -0.2) is 4.98 Å². The van der Waals surface area contributed by atoms with Gasteiger partial charge in [-0.3, -0.25) is 0 Å². The Bertz CT molecular complexity index is 1750. The Morgan fingerprint density at radius 3 is 1.50 bits per heavy atom. The summed E-state index contributed by atoms with van der Waals surface area (Å²) >= 11 is 0. The van der Waals surface area contributed by atoms with Crippen molar-refractivity contribution in [1.29, 1.82) is 0 Å². The number of aryl methyl sites for hydroxylation is 1. The summed E-state index contributed by atoms with van der Waals surface area (Å²) in [6.07, 6.45) is 6.24. The van der Waals surface area contributed by atoms with Crippen molar-refractivity contribution in [2.45, 2.75) is 20.3 Å². The average molecular weight is 806 g/mol. The first-order valence-corrected chi connectivity index (χ1v) is 15.2. The number of hydrogen-bond donors (Lipinski definition) is 0. The Balaban J connectivity index is 0.000000176. The Morgan fingerprint density at radius 1 is 0.562 bits per heavy atom. The third-order valence-corrected chi connectivity index (χ3v) is 6.47. The first-order valence-electron chi connectivity index (χ1n) is 15.2. The maximum absolute atomic E-state index is 5.50. The Morgan fingerprint density at radius 2 is 1.08 bits per heavy atom. The Labute approximate surface area is 295 Å². The normalized spacial score (nSPS) is 9.88. The van der Waals surface area contributed by atoms with Crippen molar-refractivity contribution in [2.24, 2.45) is 0 Å². The minimum atomic E-state index is 0. The summed E-state index contributed by atoms with van der Waals surface area (Å²) in [6.45, 7) is 4.45. The fourth-order valence-electron chi connectivity index (χ4n) is 4.23. The molecule has 238 valence electrons. The van der Waals surface area contributed by atoms with E-state index in [-0.39, 0.29) is 20.1 Å². The smallest absolute Gasteiger partial charge is 0.463 e. The van der Waals surface area contributed by atoms with Crippen LogP contribution in [-0.4, -0.2) is 36.5 Å². The van der Waals surface area contributed by atoms with Crippen molar-refractivity contribution < 1.29 is 24.8 Å². The van der Waals surface area contributed by atoms with Crippen LogP contribution in [0.3, 0.4) is 0 Å². The van der Waals surface area contributed by atoms with Gasteiger partial charge in [0.2, 0.25) is 0 Å². The molecule has 0 aliphatic heterocycles. The van der Waals surface area contributed by atoms with E-state index in [4.69, 9.17) is 4.74 Å². The summed E-state index contributed by atoms with van der Waals surface area (Å²) in [7, 11) is 0. The molecular weight excluding hydrogens is 773 g/mol. The third kappa shape index (κ3) is 10.8. The SMILES string of the molecule is CCCOc1nc(C)nc(-c2ccc(-c3[c-]cccc3)nc2)n1.[Ir+3].[c-]1ccccc1-c1ccccn1.[c-]1ccccc1-c1ccccn1. The maximum atomic E-state index is 5.50. The molecule has 4 aromatic heterocycles. The second-order valence-corrected chi connectivity index (χ2v) is 10.0. The molecule has 7 aromatic rings. The second-order valence-electron chi connectivity index (χ2n) is 10.0. The zero-order valence-corrected chi connectivity index (χ0v) is 29.0. The van der Waals surface area contributed by atoms with Gasteiger partial charge < -0.3 is 19.7 Å². The molecule has 0 fully saturated rings. The topological polar surface area (TPSA) is 86.6 Å². The minimum absolute atomic E-state index is 0. The van der Waals surface area contributed by atoms with Crippen LogP contribution in [-0.2, 0) is 20.1 Å². The second kappa shape index (κ2) is 19.3. The van der Waals surface area contributed by atoms with E-state index in [2.05, 4.69) is 48.1 Å². The van der Waals surface area contributed by atoms with Crippen LogP contribution < -0.4 is 4.74 Å². The van der Waals surface area contributed by atoms with E-state index in [0.29, 0.717) is 24.3 Å². The molecule has 0 spiro atoms. The van der Waals surface area contributed by atoms with Crippen LogP contribution in [0.25, 0.3) is 45.2 Å². The van der Waals surface area contributed by atoms with Crippen molar-refractivity contribution in [3.63, 3.8) is 0 Å². The quantitative estimate of drug-likeness (QED) is 0.149. The largest absolute Gasteiger partial charge is 3.00 e. The van der Waals surface area contributed by atoms with E-state index in [0.717, 1.165) is 45.8 Å². The first kappa shape index (κ1) is 35.4. The van der Waals surface area contributed by atoms with Gasteiger partial charge in [0.1, 0.15) is 5.82 Å². The maximum Gasteiger partial charge on any atom is 3.00 e. The molecule has 0 bridgehead atoms. The van der Waals surface area contributed by atoms with Crippen LogP contribution in [0.1, 0.15) is 19.2 Å². The van der Waals surface area contributed by atoms with Gasteiger partial charge in [0, 0.05) is 24.2 Å². The van der Waals surface area contributed by atoms with Gasteiger partial charge in [-0.15, -0.1) is 108 Å². The number of benzene rings is 3. The minimum Gasteiger partial charge on any atom is -0.463 e. The van der Waals surface area contributed by atoms with Gasteiger partial charge in [0.15, 0.2) is 5.82 Å². The molecule has 0 saturated carbocycles. The Kier molecular flexibility index (Phi) is 14.2. The van der Waals surface area contributed by atoms with Crippen LogP contribution in [0.5, 0.6) is 6.01 Å². The number of ether oxygens (including phenoxy) is 1. The molecular formula is C40H33IrN6O. The summed E-state index contributed by atoms with van der Waals surface area (Å²) in [6, 6.07) is 48.8. The fourth-order valence-corrected chi connectivity index (χ4v) is 4.23. The van der Waals surface area contributed by atoms with Crippen molar-refractivity contribution in [2.75, 3.05) is 6.61 Å². The average Bonchev–Trinajstić information content (AvgIpc) is 3.16. The van der Waals surface area contributed by atoms with E-state index < -0.39 is 0 Å². The van der Waals surface area contributed by atoms with Crippen molar-refractivity contribution >= 4 is 0 Å². The van der Waals surface area contributed by atoms with Crippen LogP contribution in [0.15, 0.2) is 140 Å².